The molecule has 7 heteroatoms. The molecule has 1 aromatic carbocycles. The smallest absolute Gasteiger partial charge is 0.271 e. The molecule has 0 spiro atoms. The van der Waals surface area contributed by atoms with Gasteiger partial charge in [0.1, 0.15) is 5.75 Å². The number of hydrogen-bond donors (Lipinski definition) is 1. The van der Waals surface area contributed by atoms with Gasteiger partial charge in [-0.2, -0.15) is 0 Å². The lowest BCUT2D eigenvalue weighted by atomic mass is 9.93. The monoisotopic (exact) mass is 312 g/mol. The zero-order valence-corrected chi connectivity index (χ0v) is 12.4. The van der Waals surface area contributed by atoms with Crippen LogP contribution in [0, 0.1) is 10.1 Å². The number of hydrogen-bond acceptors (Lipinski definition) is 4. The Kier molecular flexibility index (Phi) is 5.01. The maximum atomic E-state index is 11.0. The lowest BCUT2D eigenvalue weighted by Gasteiger charge is -2.29. The second kappa shape index (κ2) is 6.76. The first-order chi connectivity index (χ1) is 9.95. The van der Waals surface area contributed by atoms with Crippen molar-refractivity contribution in [2.75, 3.05) is 0 Å². The molecule has 114 valence electrons. The van der Waals surface area contributed by atoms with Gasteiger partial charge in [0.2, 0.25) is 5.91 Å². The van der Waals surface area contributed by atoms with Gasteiger partial charge in [-0.3, -0.25) is 14.9 Å². The summed E-state index contributed by atoms with van der Waals surface area (Å²) in [6.07, 6.45) is 3.37. The summed E-state index contributed by atoms with van der Waals surface area (Å²) in [5, 5.41) is 13.8. The first-order valence-corrected chi connectivity index (χ1v) is 7.21. The molecule has 0 aromatic heterocycles. The van der Waals surface area contributed by atoms with E-state index in [0.29, 0.717) is 5.75 Å². The molecule has 0 bridgehead atoms. The Balaban J connectivity index is 1.91. The maximum absolute atomic E-state index is 11.0. The Morgan fingerprint density at radius 1 is 1.38 bits per heavy atom. The number of carbonyl (C=O) groups excluding carboxylic acids is 1. The number of nitro groups is 1. The average molecular weight is 313 g/mol. The second-order valence-corrected chi connectivity index (χ2v) is 5.57. The number of nitro benzene ring substituents is 1. The molecular weight excluding hydrogens is 296 g/mol. The van der Waals surface area contributed by atoms with Crippen LogP contribution in [-0.4, -0.2) is 23.0 Å². The number of nitrogens with one attached hydrogen (secondary N) is 1. The second-order valence-electron chi connectivity index (χ2n) is 5.16. The van der Waals surface area contributed by atoms with Gasteiger partial charge in [0, 0.05) is 25.1 Å². The molecule has 0 aliphatic heterocycles. The molecule has 1 aliphatic carbocycles. The fraction of sp³-hybridized carbons (Fsp3) is 0.500. The molecule has 1 saturated carbocycles. The number of halogens is 1. The fourth-order valence-electron chi connectivity index (χ4n) is 2.49. The van der Waals surface area contributed by atoms with E-state index in [1.54, 1.807) is 0 Å². The Morgan fingerprint density at radius 2 is 2.05 bits per heavy atom. The Morgan fingerprint density at radius 3 is 2.57 bits per heavy atom. The SMILES string of the molecule is CC(=O)NC1CCC(Oc2ccc([N+](=O)[O-])cc2Cl)CC1. The standard InChI is InChI=1S/C14H17ClN2O4/c1-9(18)16-10-2-5-12(6-3-10)21-14-7-4-11(17(19)20)8-13(14)15/h4,7-8,10,12H,2-3,5-6H2,1H3,(H,16,18). The molecule has 0 radical (unpaired) electrons. The van der Waals surface area contributed by atoms with Gasteiger partial charge in [0.05, 0.1) is 16.0 Å². The van der Waals surface area contributed by atoms with E-state index >= 15 is 0 Å². The third-order valence-electron chi connectivity index (χ3n) is 3.50. The highest BCUT2D eigenvalue weighted by Gasteiger charge is 2.23. The van der Waals surface area contributed by atoms with E-state index in [4.69, 9.17) is 16.3 Å². The van der Waals surface area contributed by atoms with Crippen molar-refractivity contribution in [2.24, 2.45) is 0 Å². The summed E-state index contributed by atoms with van der Waals surface area (Å²) in [5.74, 6) is 0.447. The first kappa shape index (κ1) is 15.6. The molecule has 1 N–H and O–H groups in total. The van der Waals surface area contributed by atoms with Crippen molar-refractivity contribution in [3.05, 3.63) is 33.3 Å². The normalized spacial score (nSPS) is 21.6. The van der Waals surface area contributed by atoms with Crippen LogP contribution < -0.4 is 10.1 Å². The lowest BCUT2D eigenvalue weighted by Crippen LogP contribution is -2.38. The number of ether oxygens (including phenoxy) is 1. The Bertz CT molecular complexity index is 542. The van der Waals surface area contributed by atoms with Gasteiger partial charge in [-0.15, -0.1) is 0 Å². The lowest BCUT2D eigenvalue weighted by molar-refractivity contribution is -0.384. The van der Waals surface area contributed by atoms with Crippen LogP contribution in [0.5, 0.6) is 5.75 Å². The summed E-state index contributed by atoms with van der Waals surface area (Å²) in [5.41, 5.74) is -0.0540. The predicted molar refractivity (Wildman–Crippen MR) is 78.6 cm³/mol. The minimum absolute atomic E-state index is 0.0159. The maximum Gasteiger partial charge on any atom is 0.271 e. The molecular formula is C14H17ClN2O4. The van der Waals surface area contributed by atoms with E-state index in [0.717, 1.165) is 25.7 Å². The quantitative estimate of drug-likeness (QED) is 0.684. The minimum Gasteiger partial charge on any atom is -0.489 e. The Hall–Kier alpha value is -1.82. The Labute approximate surface area is 127 Å². The summed E-state index contributed by atoms with van der Waals surface area (Å²) < 4.78 is 5.81. The van der Waals surface area contributed by atoms with Crippen LogP contribution in [-0.2, 0) is 4.79 Å². The number of nitrogens with zero attached hydrogens (tertiary/aromatic N) is 1. The van der Waals surface area contributed by atoms with Gasteiger partial charge < -0.3 is 10.1 Å². The van der Waals surface area contributed by atoms with Crippen molar-refractivity contribution in [3.63, 3.8) is 0 Å². The van der Waals surface area contributed by atoms with Gasteiger partial charge in [0.25, 0.3) is 5.69 Å². The van der Waals surface area contributed by atoms with Crippen LogP contribution in [0.4, 0.5) is 5.69 Å². The van der Waals surface area contributed by atoms with Gasteiger partial charge >= 0.3 is 0 Å². The molecule has 2 rings (SSSR count). The molecule has 1 fully saturated rings. The average Bonchev–Trinajstić information content (AvgIpc) is 2.42. The van der Waals surface area contributed by atoms with Crippen molar-refractivity contribution in [3.8, 4) is 5.75 Å². The van der Waals surface area contributed by atoms with Gasteiger partial charge in [-0.1, -0.05) is 11.6 Å². The van der Waals surface area contributed by atoms with Crippen molar-refractivity contribution >= 4 is 23.2 Å². The highest BCUT2D eigenvalue weighted by molar-refractivity contribution is 6.32. The predicted octanol–water partition coefficient (Wildman–Crippen LogP) is 3.07. The first-order valence-electron chi connectivity index (χ1n) is 6.83. The third-order valence-corrected chi connectivity index (χ3v) is 3.80. The summed E-state index contributed by atoms with van der Waals surface area (Å²) in [6, 6.07) is 4.40. The van der Waals surface area contributed by atoms with Crippen molar-refractivity contribution in [1.29, 1.82) is 0 Å². The van der Waals surface area contributed by atoms with E-state index in [9.17, 15) is 14.9 Å². The molecule has 0 saturated heterocycles. The highest BCUT2D eigenvalue weighted by atomic mass is 35.5. The van der Waals surface area contributed by atoms with E-state index in [1.807, 2.05) is 0 Å². The van der Waals surface area contributed by atoms with Crippen molar-refractivity contribution in [1.82, 2.24) is 5.32 Å². The topological polar surface area (TPSA) is 81.5 Å². The molecule has 0 heterocycles. The molecule has 1 amide bonds. The molecule has 1 aliphatic rings. The minimum atomic E-state index is -0.492. The number of benzene rings is 1. The molecule has 0 atom stereocenters. The van der Waals surface area contributed by atoms with Gasteiger partial charge in [-0.05, 0) is 31.7 Å². The molecule has 1 aromatic rings. The summed E-state index contributed by atoms with van der Waals surface area (Å²) in [7, 11) is 0. The summed E-state index contributed by atoms with van der Waals surface area (Å²) in [4.78, 5) is 21.2. The number of carbonyl (C=O) groups is 1. The number of non-ortho nitro benzene ring substituents is 1. The van der Waals surface area contributed by atoms with Crippen LogP contribution >= 0.6 is 11.6 Å². The zero-order chi connectivity index (χ0) is 15.4. The van der Waals surface area contributed by atoms with Crippen molar-refractivity contribution < 1.29 is 14.5 Å². The summed E-state index contributed by atoms with van der Waals surface area (Å²) >= 11 is 6.00. The van der Waals surface area contributed by atoms with Crippen LogP contribution in [0.2, 0.25) is 5.02 Å². The van der Waals surface area contributed by atoms with E-state index in [2.05, 4.69) is 5.32 Å². The fourth-order valence-corrected chi connectivity index (χ4v) is 2.71. The molecule has 0 unspecified atom stereocenters. The zero-order valence-electron chi connectivity index (χ0n) is 11.7. The van der Waals surface area contributed by atoms with Crippen LogP contribution in [0.25, 0.3) is 0 Å². The molecule has 21 heavy (non-hydrogen) atoms. The summed E-state index contributed by atoms with van der Waals surface area (Å²) in [6.45, 7) is 1.51. The largest absolute Gasteiger partial charge is 0.489 e. The number of rotatable bonds is 4. The van der Waals surface area contributed by atoms with Crippen LogP contribution in [0.15, 0.2) is 18.2 Å². The number of amides is 1. The van der Waals surface area contributed by atoms with Gasteiger partial charge in [-0.25, -0.2) is 0 Å². The van der Waals surface area contributed by atoms with E-state index in [1.165, 1.54) is 25.1 Å². The van der Waals surface area contributed by atoms with Crippen LogP contribution in [0.3, 0.4) is 0 Å². The van der Waals surface area contributed by atoms with E-state index < -0.39 is 4.92 Å². The third kappa shape index (κ3) is 4.32. The highest BCUT2D eigenvalue weighted by Crippen LogP contribution is 2.32. The van der Waals surface area contributed by atoms with Crippen LogP contribution in [0.1, 0.15) is 32.6 Å². The van der Waals surface area contributed by atoms with Crippen molar-refractivity contribution in [2.45, 2.75) is 44.8 Å². The van der Waals surface area contributed by atoms with Gasteiger partial charge in [0.15, 0.2) is 0 Å². The van der Waals surface area contributed by atoms with E-state index in [-0.39, 0.29) is 28.8 Å². The molecule has 6 nitrogen and oxygen atoms in total.